The molecule has 0 saturated carbocycles. The highest BCUT2D eigenvalue weighted by Crippen LogP contribution is 2.26. The third-order valence-electron chi connectivity index (χ3n) is 4.24. The van der Waals surface area contributed by atoms with Crippen LogP contribution in [0.25, 0.3) is 0 Å². The van der Waals surface area contributed by atoms with Gasteiger partial charge in [-0.1, -0.05) is 6.07 Å². The second kappa shape index (κ2) is 6.92. The Morgan fingerprint density at radius 3 is 2.40 bits per heavy atom. The number of hydrogen-bond donors (Lipinski definition) is 0. The van der Waals surface area contributed by atoms with E-state index in [4.69, 9.17) is 4.74 Å². The molecule has 8 heteroatoms. The van der Waals surface area contributed by atoms with E-state index < -0.39 is 33.6 Å². The predicted molar refractivity (Wildman–Crippen MR) is 92.2 cm³/mol. The molecule has 1 saturated heterocycles. The minimum atomic E-state index is -3.84. The van der Waals surface area contributed by atoms with Crippen molar-refractivity contribution in [3.05, 3.63) is 30.1 Å². The molecule has 25 heavy (non-hydrogen) atoms. The molecule has 0 bridgehead atoms. The van der Waals surface area contributed by atoms with Crippen LogP contribution in [0, 0.1) is 5.82 Å². The van der Waals surface area contributed by atoms with E-state index in [0.29, 0.717) is 0 Å². The van der Waals surface area contributed by atoms with E-state index in [1.54, 1.807) is 34.6 Å². The Kier molecular flexibility index (Phi) is 5.44. The lowest BCUT2D eigenvalue weighted by molar-refractivity contribution is 0.000106. The van der Waals surface area contributed by atoms with Crippen LogP contribution < -0.4 is 0 Å². The first-order valence-electron chi connectivity index (χ1n) is 8.20. The molecule has 0 radical (unpaired) electrons. The fraction of sp³-hybridized carbons (Fsp3) is 0.588. The average molecular weight is 372 g/mol. The molecule has 1 aliphatic heterocycles. The SMILES string of the molecule is C[C@H]1[C@H](C)N(S(=O)(=O)c2cccc(F)c2)CCN1C(=O)OC(C)(C)C. The van der Waals surface area contributed by atoms with Crippen molar-refractivity contribution >= 4 is 16.1 Å². The maximum Gasteiger partial charge on any atom is 0.410 e. The Balaban J connectivity index is 2.21. The highest BCUT2D eigenvalue weighted by Gasteiger charge is 2.41. The number of ether oxygens (including phenoxy) is 1. The van der Waals surface area contributed by atoms with Gasteiger partial charge in [-0.3, -0.25) is 0 Å². The lowest BCUT2D eigenvalue weighted by atomic mass is 10.1. The highest BCUT2D eigenvalue weighted by molar-refractivity contribution is 7.89. The number of sulfonamides is 1. The molecule has 0 aliphatic carbocycles. The molecule has 0 unspecified atom stereocenters. The summed E-state index contributed by atoms with van der Waals surface area (Å²) < 4.78 is 45.8. The minimum Gasteiger partial charge on any atom is -0.444 e. The Labute approximate surface area is 148 Å². The maximum absolute atomic E-state index is 13.4. The first-order valence-corrected chi connectivity index (χ1v) is 9.64. The molecular weight excluding hydrogens is 347 g/mol. The van der Waals surface area contributed by atoms with Crippen LogP contribution in [0.15, 0.2) is 29.2 Å². The summed E-state index contributed by atoms with van der Waals surface area (Å²) in [6.07, 6.45) is -0.463. The molecule has 140 valence electrons. The summed E-state index contributed by atoms with van der Waals surface area (Å²) in [6, 6.07) is 4.11. The van der Waals surface area contributed by atoms with E-state index in [0.717, 1.165) is 6.07 Å². The summed E-state index contributed by atoms with van der Waals surface area (Å²) in [4.78, 5) is 13.8. The van der Waals surface area contributed by atoms with Gasteiger partial charge in [-0.15, -0.1) is 0 Å². The normalized spacial score (nSPS) is 22.7. The Bertz CT molecular complexity index is 745. The third kappa shape index (κ3) is 4.30. The molecule has 0 spiro atoms. The summed E-state index contributed by atoms with van der Waals surface area (Å²) in [5, 5.41) is 0. The van der Waals surface area contributed by atoms with Crippen molar-refractivity contribution < 1.29 is 22.3 Å². The zero-order valence-corrected chi connectivity index (χ0v) is 16.0. The lowest BCUT2D eigenvalue weighted by Crippen LogP contribution is -2.60. The second-order valence-corrected chi connectivity index (χ2v) is 9.12. The van der Waals surface area contributed by atoms with Gasteiger partial charge in [-0.05, 0) is 52.8 Å². The second-order valence-electron chi connectivity index (χ2n) is 7.23. The van der Waals surface area contributed by atoms with Crippen LogP contribution in [0.4, 0.5) is 9.18 Å². The number of carbonyl (C=O) groups excluding carboxylic acids is 1. The minimum absolute atomic E-state index is 0.0859. The van der Waals surface area contributed by atoms with Gasteiger partial charge >= 0.3 is 6.09 Å². The molecule has 1 heterocycles. The number of hydrogen-bond acceptors (Lipinski definition) is 4. The molecular formula is C17H25FN2O4S. The first kappa shape index (κ1) is 19.7. The monoisotopic (exact) mass is 372 g/mol. The summed E-state index contributed by atoms with van der Waals surface area (Å²) in [5.41, 5.74) is -0.620. The number of piperazine rings is 1. The van der Waals surface area contributed by atoms with E-state index in [-0.39, 0.29) is 24.0 Å². The van der Waals surface area contributed by atoms with Crippen molar-refractivity contribution in [2.24, 2.45) is 0 Å². The van der Waals surface area contributed by atoms with E-state index in [2.05, 4.69) is 0 Å². The molecule has 1 aromatic rings. The van der Waals surface area contributed by atoms with Crippen molar-refractivity contribution in [3.8, 4) is 0 Å². The highest BCUT2D eigenvalue weighted by atomic mass is 32.2. The number of rotatable bonds is 2. The number of carbonyl (C=O) groups is 1. The van der Waals surface area contributed by atoms with Crippen LogP contribution >= 0.6 is 0 Å². The van der Waals surface area contributed by atoms with E-state index in [1.807, 2.05) is 0 Å². The number of halogens is 1. The lowest BCUT2D eigenvalue weighted by Gasteiger charge is -2.44. The molecule has 1 amide bonds. The molecule has 1 aliphatic rings. The predicted octanol–water partition coefficient (Wildman–Crippen LogP) is 2.84. The van der Waals surface area contributed by atoms with E-state index in [1.165, 1.54) is 27.4 Å². The van der Waals surface area contributed by atoms with Crippen LogP contribution in [0.1, 0.15) is 34.6 Å². The summed E-state index contributed by atoms with van der Waals surface area (Å²) in [5.74, 6) is -0.603. The van der Waals surface area contributed by atoms with Crippen molar-refractivity contribution in [2.45, 2.75) is 57.2 Å². The fourth-order valence-electron chi connectivity index (χ4n) is 2.79. The zero-order chi connectivity index (χ0) is 19.0. The fourth-order valence-corrected chi connectivity index (χ4v) is 4.51. The average Bonchev–Trinajstić information content (AvgIpc) is 2.47. The van der Waals surface area contributed by atoms with E-state index in [9.17, 15) is 17.6 Å². The van der Waals surface area contributed by atoms with Crippen LogP contribution in [0.3, 0.4) is 0 Å². The standard InChI is InChI=1S/C17H25FN2O4S/c1-12-13(2)20(10-9-19(12)16(21)24-17(3,4)5)25(22,23)15-8-6-7-14(18)11-15/h6-8,11-13H,9-10H2,1-5H3/t12-,13-/m0/s1. The molecule has 0 N–H and O–H groups in total. The Morgan fingerprint density at radius 2 is 1.84 bits per heavy atom. The molecule has 2 rings (SSSR count). The van der Waals surface area contributed by atoms with Gasteiger partial charge in [0.2, 0.25) is 10.0 Å². The maximum atomic E-state index is 13.4. The molecule has 1 fully saturated rings. The van der Waals surface area contributed by atoms with Gasteiger partial charge in [0, 0.05) is 25.2 Å². The van der Waals surface area contributed by atoms with Gasteiger partial charge in [0.1, 0.15) is 11.4 Å². The van der Waals surface area contributed by atoms with Gasteiger partial charge in [0.05, 0.1) is 4.90 Å². The van der Waals surface area contributed by atoms with Gasteiger partial charge < -0.3 is 9.64 Å². The van der Waals surface area contributed by atoms with Gasteiger partial charge in [-0.2, -0.15) is 4.31 Å². The smallest absolute Gasteiger partial charge is 0.410 e. The number of amides is 1. The van der Waals surface area contributed by atoms with Crippen LogP contribution in [-0.2, 0) is 14.8 Å². The van der Waals surface area contributed by atoms with Crippen molar-refractivity contribution in [3.63, 3.8) is 0 Å². The molecule has 1 aromatic carbocycles. The Morgan fingerprint density at radius 1 is 1.20 bits per heavy atom. The summed E-state index contributed by atoms with van der Waals surface area (Å²) in [6.45, 7) is 9.20. The number of nitrogens with zero attached hydrogens (tertiary/aromatic N) is 2. The summed E-state index contributed by atoms with van der Waals surface area (Å²) >= 11 is 0. The van der Waals surface area contributed by atoms with Gasteiger partial charge in [0.25, 0.3) is 0 Å². The van der Waals surface area contributed by atoms with Crippen LogP contribution in [-0.4, -0.2) is 54.5 Å². The van der Waals surface area contributed by atoms with Crippen LogP contribution in [0.2, 0.25) is 0 Å². The van der Waals surface area contributed by atoms with Crippen molar-refractivity contribution in [1.82, 2.24) is 9.21 Å². The van der Waals surface area contributed by atoms with Crippen molar-refractivity contribution in [1.29, 1.82) is 0 Å². The molecule has 6 nitrogen and oxygen atoms in total. The zero-order valence-electron chi connectivity index (χ0n) is 15.2. The first-order chi connectivity index (χ1) is 11.4. The topological polar surface area (TPSA) is 66.9 Å². The van der Waals surface area contributed by atoms with Crippen molar-refractivity contribution in [2.75, 3.05) is 13.1 Å². The molecule has 0 aromatic heterocycles. The quantitative estimate of drug-likeness (QED) is 0.801. The van der Waals surface area contributed by atoms with Gasteiger partial charge in [0.15, 0.2) is 0 Å². The van der Waals surface area contributed by atoms with Gasteiger partial charge in [-0.25, -0.2) is 17.6 Å². The van der Waals surface area contributed by atoms with Crippen LogP contribution in [0.5, 0.6) is 0 Å². The summed E-state index contributed by atoms with van der Waals surface area (Å²) in [7, 11) is -3.84. The third-order valence-corrected chi connectivity index (χ3v) is 6.22. The largest absolute Gasteiger partial charge is 0.444 e. The molecule has 2 atom stereocenters. The number of benzene rings is 1. The van der Waals surface area contributed by atoms with E-state index >= 15 is 0 Å². The Hall–Kier alpha value is -1.67.